The molecule has 1 fully saturated rings. The van der Waals surface area contributed by atoms with E-state index in [1.807, 2.05) is 0 Å². The summed E-state index contributed by atoms with van der Waals surface area (Å²) in [6.07, 6.45) is 1.34. The topological polar surface area (TPSA) is 81.4 Å². The van der Waals surface area contributed by atoms with Gasteiger partial charge in [-0.3, -0.25) is 0 Å². The number of nitrogen functional groups attached to an aromatic ring is 1. The molecular formula is C12H16F2N2O3S. The van der Waals surface area contributed by atoms with Crippen LogP contribution in [-0.4, -0.2) is 27.2 Å². The molecule has 2 rings (SSSR count). The van der Waals surface area contributed by atoms with Crippen molar-refractivity contribution in [1.29, 1.82) is 0 Å². The van der Waals surface area contributed by atoms with Gasteiger partial charge in [-0.05, 0) is 25.8 Å². The Morgan fingerprint density at radius 2 is 2.10 bits per heavy atom. The number of hydrogen-bond donors (Lipinski definition) is 2. The van der Waals surface area contributed by atoms with Crippen molar-refractivity contribution in [3.63, 3.8) is 0 Å². The Labute approximate surface area is 116 Å². The first-order valence-corrected chi connectivity index (χ1v) is 7.68. The van der Waals surface area contributed by atoms with Gasteiger partial charge in [0.05, 0.1) is 11.8 Å². The highest BCUT2D eigenvalue weighted by Gasteiger charge is 2.29. The molecule has 0 radical (unpaired) electrons. The third kappa shape index (κ3) is 3.08. The maximum atomic E-state index is 13.6. The number of nitrogens with two attached hydrogens (primary N) is 1. The van der Waals surface area contributed by atoms with Crippen LogP contribution in [0.2, 0.25) is 0 Å². The first kappa shape index (κ1) is 15.1. The molecule has 0 spiro atoms. The van der Waals surface area contributed by atoms with Gasteiger partial charge in [0.2, 0.25) is 10.0 Å². The van der Waals surface area contributed by atoms with Crippen molar-refractivity contribution < 1.29 is 21.9 Å². The van der Waals surface area contributed by atoms with Gasteiger partial charge in [0.1, 0.15) is 16.5 Å². The minimum atomic E-state index is -4.12. The number of nitrogens with one attached hydrogen (secondary N) is 1. The van der Waals surface area contributed by atoms with Gasteiger partial charge in [0, 0.05) is 18.7 Å². The van der Waals surface area contributed by atoms with Crippen LogP contribution in [-0.2, 0) is 14.8 Å². The summed E-state index contributed by atoms with van der Waals surface area (Å²) in [5.41, 5.74) is 4.86. The zero-order chi connectivity index (χ0) is 14.9. The monoisotopic (exact) mass is 306 g/mol. The lowest BCUT2D eigenvalue weighted by Crippen LogP contribution is -2.41. The van der Waals surface area contributed by atoms with E-state index in [-0.39, 0.29) is 6.10 Å². The van der Waals surface area contributed by atoms with Crippen LogP contribution >= 0.6 is 0 Å². The molecule has 1 aromatic carbocycles. The normalized spacial score (nSPS) is 21.1. The van der Waals surface area contributed by atoms with Crippen LogP contribution in [0.5, 0.6) is 0 Å². The summed E-state index contributed by atoms with van der Waals surface area (Å²) >= 11 is 0. The molecular weight excluding hydrogens is 290 g/mol. The predicted molar refractivity (Wildman–Crippen MR) is 69.5 cm³/mol. The fourth-order valence-corrected chi connectivity index (χ4v) is 3.50. The molecule has 2 unspecified atom stereocenters. The molecule has 3 N–H and O–H groups in total. The molecule has 0 aromatic heterocycles. The van der Waals surface area contributed by atoms with Gasteiger partial charge >= 0.3 is 0 Å². The highest BCUT2D eigenvalue weighted by molar-refractivity contribution is 7.89. The van der Waals surface area contributed by atoms with Crippen LogP contribution in [0.3, 0.4) is 0 Å². The molecule has 0 bridgehead atoms. The molecule has 1 aliphatic heterocycles. The lowest BCUT2D eigenvalue weighted by Gasteiger charge is -2.20. The molecule has 112 valence electrons. The maximum absolute atomic E-state index is 13.6. The average Bonchev–Trinajstić information content (AvgIpc) is 2.86. The molecule has 1 heterocycles. The number of anilines is 1. The summed E-state index contributed by atoms with van der Waals surface area (Å²) < 4.78 is 58.6. The fraction of sp³-hybridized carbons (Fsp3) is 0.500. The Balaban J connectivity index is 2.24. The SMILES string of the molecule is CC(NS(=O)(=O)c1cc(N)c(F)cc1F)C1CCCO1. The molecule has 1 aliphatic rings. The third-order valence-corrected chi connectivity index (χ3v) is 4.78. The van der Waals surface area contributed by atoms with Gasteiger partial charge in [-0.25, -0.2) is 21.9 Å². The molecule has 2 atom stereocenters. The van der Waals surface area contributed by atoms with Gasteiger partial charge in [-0.1, -0.05) is 0 Å². The minimum absolute atomic E-state index is 0.245. The van der Waals surface area contributed by atoms with E-state index in [0.717, 1.165) is 18.9 Å². The quantitative estimate of drug-likeness (QED) is 0.824. The summed E-state index contributed by atoms with van der Waals surface area (Å²) in [7, 11) is -4.12. The zero-order valence-corrected chi connectivity index (χ0v) is 11.7. The van der Waals surface area contributed by atoms with Crippen molar-refractivity contribution in [2.24, 2.45) is 0 Å². The molecule has 5 nitrogen and oxygen atoms in total. The fourth-order valence-electron chi connectivity index (χ4n) is 2.13. The number of sulfonamides is 1. The standard InChI is InChI=1S/C12H16F2N2O3S/c1-7(11-3-2-4-19-11)16-20(17,18)12-6-10(15)8(13)5-9(12)14/h5-7,11,16H,2-4,15H2,1H3. The van der Waals surface area contributed by atoms with Crippen molar-refractivity contribution in [3.05, 3.63) is 23.8 Å². The van der Waals surface area contributed by atoms with Crippen LogP contribution in [0.1, 0.15) is 19.8 Å². The number of ether oxygens (including phenoxy) is 1. The predicted octanol–water partition coefficient (Wildman–Crippen LogP) is 1.39. The van der Waals surface area contributed by atoms with E-state index in [4.69, 9.17) is 10.5 Å². The van der Waals surface area contributed by atoms with Crippen LogP contribution in [0, 0.1) is 11.6 Å². The van der Waals surface area contributed by atoms with Crippen LogP contribution in [0.25, 0.3) is 0 Å². The first-order chi connectivity index (χ1) is 9.31. The van der Waals surface area contributed by atoms with E-state index >= 15 is 0 Å². The highest BCUT2D eigenvalue weighted by atomic mass is 32.2. The van der Waals surface area contributed by atoms with E-state index in [9.17, 15) is 17.2 Å². The Morgan fingerprint density at radius 3 is 2.70 bits per heavy atom. The van der Waals surface area contributed by atoms with Crippen LogP contribution in [0.4, 0.5) is 14.5 Å². The molecule has 1 aromatic rings. The largest absolute Gasteiger partial charge is 0.396 e. The van der Waals surface area contributed by atoms with E-state index in [2.05, 4.69) is 4.72 Å². The lowest BCUT2D eigenvalue weighted by molar-refractivity contribution is 0.0902. The number of halogens is 2. The minimum Gasteiger partial charge on any atom is -0.396 e. The Bertz CT molecular complexity index is 601. The van der Waals surface area contributed by atoms with Gasteiger partial charge in [-0.15, -0.1) is 0 Å². The Kier molecular flexibility index (Phi) is 4.26. The molecule has 8 heteroatoms. The van der Waals surface area contributed by atoms with Crippen molar-refractivity contribution in [2.75, 3.05) is 12.3 Å². The second kappa shape index (κ2) is 5.63. The van der Waals surface area contributed by atoms with Gasteiger partial charge in [-0.2, -0.15) is 0 Å². The van der Waals surface area contributed by atoms with Gasteiger partial charge in [0.15, 0.2) is 0 Å². The van der Waals surface area contributed by atoms with E-state index in [1.54, 1.807) is 6.92 Å². The summed E-state index contributed by atoms with van der Waals surface area (Å²) in [5.74, 6) is -2.17. The molecule has 0 saturated carbocycles. The molecule has 0 aliphatic carbocycles. The van der Waals surface area contributed by atoms with Crippen molar-refractivity contribution in [2.45, 2.75) is 36.8 Å². The number of benzene rings is 1. The average molecular weight is 306 g/mol. The van der Waals surface area contributed by atoms with Gasteiger partial charge in [0.25, 0.3) is 0 Å². The van der Waals surface area contributed by atoms with Crippen molar-refractivity contribution >= 4 is 15.7 Å². The smallest absolute Gasteiger partial charge is 0.243 e. The van der Waals surface area contributed by atoms with Crippen LogP contribution < -0.4 is 10.5 Å². The zero-order valence-electron chi connectivity index (χ0n) is 10.9. The summed E-state index contributed by atoms with van der Waals surface area (Å²) in [5, 5.41) is 0. The van der Waals surface area contributed by atoms with E-state index < -0.39 is 38.3 Å². The maximum Gasteiger partial charge on any atom is 0.243 e. The summed E-state index contributed by atoms with van der Waals surface area (Å²) in [4.78, 5) is -0.666. The molecule has 0 amide bonds. The number of hydrogen-bond acceptors (Lipinski definition) is 4. The van der Waals surface area contributed by atoms with E-state index in [1.165, 1.54) is 0 Å². The second-order valence-electron chi connectivity index (χ2n) is 4.77. The van der Waals surface area contributed by atoms with Crippen molar-refractivity contribution in [1.82, 2.24) is 4.72 Å². The summed E-state index contributed by atoms with van der Waals surface area (Å²) in [6.45, 7) is 2.22. The molecule has 1 saturated heterocycles. The Hall–Kier alpha value is -1.25. The molecule has 20 heavy (non-hydrogen) atoms. The number of rotatable bonds is 4. The highest BCUT2D eigenvalue weighted by Crippen LogP contribution is 2.22. The first-order valence-electron chi connectivity index (χ1n) is 6.19. The third-order valence-electron chi connectivity index (χ3n) is 3.20. The summed E-state index contributed by atoms with van der Waals surface area (Å²) in [6, 6.07) is 0.726. The van der Waals surface area contributed by atoms with Crippen molar-refractivity contribution in [3.8, 4) is 0 Å². The second-order valence-corrected chi connectivity index (χ2v) is 6.45. The Morgan fingerprint density at radius 1 is 1.40 bits per heavy atom. The van der Waals surface area contributed by atoms with Gasteiger partial charge < -0.3 is 10.5 Å². The lowest BCUT2D eigenvalue weighted by atomic mass is 10.1. The van der Waals surface area contributed by atoms with Crippen LogP contribution in [0.15, 0.2) is 17.0 Å². The van der Waals surface area contributed by atoms with E-state index in [0.29, 0.717) is 12.7 Å².